The van der Waals surface area contributed by atoms with E-state index in [4.69, 9.17) is 4.74 Å². The number of carbonyl (C=O) groups is 1. The summed E-state index contributed by atoms with van der Waals surface area (Å²) in [4.78, 5) is 13.7. The van der Waals surface area contributed by atoms with Crippen molar-refractivity contribution in [3.8, 4) is 0 Å². The molecule has 4 heteroatoms. The zero-order chi connectivity index (χ0) is 10.6. The first-order valence-electron chi connectivity index (χ1n) is 5.19. The summed E-state index contributed by atoms with van der Waals surface area (Å²) in [6.45, 7) is 6.94. The Balaban J connectivity index is 2.52. The lowest BCUT2D eigenvalue weighted by molar-refractivity contribution is -0.133. The summed E-state index contributed by atoms with van der Waals surface area (Å²) in [6.07, 6.45) is 0. The van der Waals surface area contributed by atoms with E-state index in [9.17, 15) is 4.79 Å². The monoisotopic (exact) mass is 200 g/mol. The summed E-state index contributed by atoms with van der Waals surface area (Å²) in [5.74, 6) is 0.607. The predicted octanol–water partition coefficient (Wildman–Crippen LogP) is 0.0892. The van der Waals surface area contributed by atoms with Crippen LogP contribution >= 0.6 is 0 Å². The molecule has 0 bridgehead atoms. The Hall–Kier alpha value is -0.610. The molecule has 1 saturated heterocycles. The van der Waals surface area contributed by atoms with Gasteiger partial charge in [-0.2, -0.15) is 0 Å². The molecule has 2 atom stereocenters. The minimum Gasteiger partial charge on any atom is -0.379 e. The summed E-state index contributed by atoms with van der Waals surface area (Å²) in [5, 5.41) is 2.97. The second-order valence-electron chi connectivity index (χ2n) is 3.97. The van der Waals surface area contributed by atoms with Gasteiger partial charge in [-0.15, -0.1) is 0 Å². The molecule has 1 aliphatic rings. The van der Waals surface area contributed by atoms with E-state index in [1.165, 1.54) is 0 Å². The highest BCUT2D eigenvalue weighted by atomic mass is 16.5. The lowest BCUT2D eigenvalue weighted by Gasteiger charge is -2.24. The molecule has 0 aromatic carbocycles. The van der Waals surface area contributed by atoms with E-state index in [2.05, 4.69) is 12.2 Å². The molecule has 0 spiro atoms. The van der Waals surface area contributed by atoms with Crippen molar-refractivity contribution >= 4 is 5.91 Å². The maximum Gasteiger partial charge on any atom is 0.239 e. The Morgan fingerprint density at radius 2 is 2.36 bits per heavy atom. The summed E-state index contributed by atoms with van der Waals surface area (Å²) in [5.41, 5.74) is 0. The summed E-state index contributed by atoms with van der Waals surface area (Å²) < 4.78 is 5.39. The minimum absolute atomic E-state index is 0.0969. The molecule has 0 saturated carbocycles. The molecule has 0 aromatic rings. The molecule has 0 aliphatic carbocycles. The van der Waals surface area contributed by atoms with Crippen LogP contribution in [0, 0.1) is 5.92 Å². The van der Waals surface area contributed by atoms with Crippen molar-refractivity contribution < 1.29 is 9.53 Å². The van der Waals surface area contributed by atoms with Crippen LogP contribution in [0.2, 0.25) is 0 Å². The molecule has 0 radical (unpaired) electrons. The first-order chi connectivity index (χ1) is 6.65. The number of hydrogen-bond donors (Lipinski definition) is 1. The summed E-state index contributed by atoms with van der Waals surface area (Å²) in [7, 11) is 1.81. The van der Waals surface area contributed by atoms with E-state index in [1.807, 2.05) is 11.8 Å². The van der Waals surface area contributed by atoms with Crippen LogP contribution in [-0.4, -0.2) is 50.2 Å². The van der Waals surface area contributed by atoms with Crippen molar-refractivity contribution in [1.29, 1.82) is 0 Å². The van der Waals surface area contributed by atoms with E-state index < -0.39 is 0 Å². The fraction of sp³-hybridized carbons (Fsp3) is 0.900. The second-order valence-corrected chi connectivity index (χ2v) is 3.97. The molecule has 82 valence electrons. The molecular formula is C10H20N2O2. The predicted molar refractivity (Wildman–Crippen MR) is 55.1 cm³/mol. The average Bonchev–Trinajstić information content (AvgIpc) is 2.40. The van der Waals surface area contributed by atoms with Crippen LogP contribution in [-0.2, 0) is 9.53 Å². The Morgan fingerprint density at radius 1 is 1.64 bits per heavy atom. The number of nitrogens with one attached hydrogen (secondary N) is 1. The van der Waals surface area contributed by atoms with Crippen molar-refractivity contribution in [3.63, 3.8) is 0 Å². The lowest BCUT2D eigenvalue weighted by Crippen LogP contribution is -2.45. The van der Waals surface area contributed by atoms with Gasteiger partial charge in [0.2, 0.25) is 5.91 Å². The van der Waals surface area contributed by atoms with Crippen LogP contribution < -0.4 is 5.32 Å². The maximum absolute atomic E-state index is 11.8. The second kappa shape index (κ2) is 5.32. The van der Waals surface area contributed by atoms with E-state index in [0.717, 1.165) is 19.7 Å². The van der Waals surface area contributed by atoms with Crippen molar-refractivity contribution in [2.75, 3.05) is 33.4 Å². The van der Waals surface area contributed by atoms with Gasteiger partial charge >= 0.3 is 0 Å². The van der Waals surface area contributed by atoms with Gasteiger partial charge in [0.05, 0.1) is 19.3 Å². The summed E-state index contributed by atoms with van der Waals surface area (Å²) in [6, 6.07) is -0.0969. The van der Waals surface area contributed by atoms with Crippen molar-refractivity contribution in [3.05, 3.63) is 0 Å². The van der Waals surface area contributed by atoms with Gasteiger partial charge in [-0.1, -0.05) is 6.92 Å². The zero-order valence-corrected chi connectivity index (χ0v) is 9.25. The van der Waals surface area contributed by atoms with Gasteiger partial charge in [-0.25, -0.2) is 0 Å². The topological polar surface area (TPSA) is 41.6 Å². The highest BCUT2D eigenvalue weighted by Crippen LogP contribution is 2.07. The van der Waals surface area contributed by atoms with Crippen LogP contribution in [0.5, 0.6) is 0 Å². The van der Waals surface area contributed by atoms with Crippen LogP contribution in [0.25, 0.3) is 0 Å². The van der Waals surface area contributed by atoms with Crippen LogP contribution in [0.1, 0.15) is 13.8 Å². The quantitative estimate of drug-likeness (QED) is 0.687. The molecule has 1 amide bonds. The third-order valence-electron chi connectivity index (χ3n) is 2.56. The van der Waals surface area contributed by atoms with Gasteiger partial charge in [0, 0.05) is 13.1 Å². The molecule has 4 nitrogen and oxygen atoms in total. The largest absolute Gasteiger partial charge is 0.379 e. The molecule has 14 heavy (non-hydrogen) atoms. The molecule has 1 N–H and O–H groups in total. The van der Waals surface area contributed by atoms with Gasteiger partial charge in [-0.3, -0.25) is 4.79 Å². The zero-order valence-electron chi connectivity index (χ0n) is 9.25. The normalized spacial score (nSPS) is 25.6. The number of likely N-dealkylation sites (N-methyl/N-ethyl adjacent to an activating group) is 1. The first-order valence-corrected chi connectivity index (χ1v) is 5.19. The van der Waals surface area contributed by atoms with Gasteiger partial charge in [0.15, 0.2) is 0 Å². The number of ether oxygens (including phenoxy) is 1. The first kappa shape index (κ1) is 11.5. The van der Waals surface area contributed by atoms with Gasteiger partial charge in [-0.05, 0) is 19.9 Å². The fourth-order valence-electron chi connectivity index (χ4n) is 1.58. The molecular weight excluding hydrogens is 180 g/mol. The molecule has 1 fully saturated rings. The van der Waals surface area contributed by atoms with E-state index in [1.54, 1.807) is 7.05 Å². The van der Waals surface area contributed by atoms with Crippen molar-refractivity contribution in [2.45, 2.75) is 19.9 Å². The third kappa shape index (κ3) is 2.96. The number of amides is 1. The van der Waals surface area contributed by atoms with Gasteiger partial charge < -0.3 is 15.0 Å². The highest BCUT2D eigenvalue weighted by Gasteiger charge is 2.22. The number of nitrogens with zero attached hydrogens (tertiary/aromatic N) is 1. The average molecular weight is 200 g/mol. The lowest BCUT2D eigenvalue weighted by atomic mass is 10.2. The van der Waals surface area contributed by atoms with Crippen LogP contribution in [0.4, 0.5) is 0 Å². The maximum atomic E-state index is 11.8. The number of rotatable bonds is 2. The van der Waals surface area contributed by atoms with E-state index in [0.29, 0.717) is 12.5 Å². The highest BCUT2D eigenvalue weighted by molar-refractivity contribution is 5.81. The van der Waals surface area contributed by atoms with E-state index in [-0.39, 0.29) is 11.9 Å². The third-order valence-corrected chi connectivity index (χ3v) is 2.56. The van der Waals surface area contributed by atoms with Gasteiger partial charge in [0.25, 0.3) is 0 Å². The standard InChI is InChI=1S/C10H20N2O2/c1-8-6-12(4-5-14-7-8)10(13)9(2)11-3/h8-9,11H,4-7H2,1-3H3/t8?,9-/m0/s1. The van der Waals surface area contributed by atoms with Crippen LogP contribution in [0.15, 0.2) is 0 Å². The molecule has 0 aromatic heterocycles. The minimum atomic E-state index is -0.0969. The molecule has 1 rings (SSSR count). The Labute approximate surface area is 85.6 Å². The van der Waals surface area contributed by atoms with Crippen LogP contribution in [0.3, 0.4) is 0 Å². The fourth-order valence-corrected chi connectivity index (χ4v) is 1.58. The Kier molecular flexibility index (Phi) is 4.35. The molecule has 1 heterocycles. The van der Waals surface area contributed by atoms with Crippen molar-refractivity contribution in [2.24, 2.45) is 5.92 Å². The number of carbonyl (C=O) groups excluding carboxylic acids is 1. The Bertz CT molecular complexity index is 197. The molecule has 1 aliphatic heterocycles. The molecule has 1 unspecified atom stereocenters. The van der Waals surface area contributed by atoms with E-state index >= 15 is 0 Å². The van der Waals surface area contributed by atoms with Gasteiger partial charge in [0.1, 0.15) is 0 Å². The summed E-state index contributed by atoms with van der Waals surface area (Å²) >= 11 is 0. The smallest absolute Gasteiger partial charge is 0.239 e. The number of hydrogen-bond acceptors (Lipinski definition) is 3. The SMILES string of the molecule is CN[C@@H](C)C(=O)N1CCOCC(C)C1. The Morgan fingerprint density at radius 3 is 3.00 bits per heavy atom. The van der Waals surface area contributed by atoms with Crippen molar-refractivity contribution in [1.82, 2.24) is 10.2 Å².